The van der Waals surface area contributed by atoms with Crippen molar-refractivity contribution in [1.82, 2.24) is 0 Å². The average Bonchev–Trinajstić information content (AvgIpc) is 2.30. The first-order valence-corrected chi connectivity index (χ1v) is 5.88. The predicted molar refractivity (Wildman–Crippen MR) is 68.5 cm³/mol. The van der Waals surface area contributed by atoms with Gasteiger partial charge in [-0.2, -0.15) is 0 Å². The molecule has 2 rings (SSSR count). The van der Waals surface area contributed by atoms with Gasteiger partial charge in [-0.1, -0.05) is 23.2 Å². The van der Waals surface area contributed by atoms with Crippen molar-refractivity contribution in [2.45, 2.75) is 6.92 Å². The Labute approximate surface area is 112 Å². The van der Waals surface area contributed by atoms with Crippen LogP contribution in [0.3, 0.4) is 0 Å². The van der Waals surface area contributed by atoms with Crippen LogP contribution in [0.4, 0.5) is 0 Å². The van der Waals surface area contributed by atoms with E-state index < -0.39 is 11.4 Å². The third-order valence-electron chi connectivity index (χ3n) is 2.29. The molecule has 0 aliphatic heterocycles. The third-order valence-corrected chi connectivity index (χ3v) is 2.79. The van der Waals surface area contributed by atoms with E-state index in [-0.39, 0.29) is 28.2 Å². The van der Waals surface area contributed by atoms with E-state index in [1.54, 1.807) is 6.92 Å². The van der Waals surface area contributed by atoms with Gasteiger partial charge in [-0.25, -0.2) is 4.79 Å². The van der Waals surface area contributed by atoms with Crippen LogP contribution in [0.15, 0.2) is 27.6 Å². The fraction of sp³-hybridized carbons (Fsp3) is 0.167. The lowest BCUT2D eigenvalue weighted by atomic mass is 10.2. The van der Waals surface area contributed by atoms with E-state index in [2.05, 4.69) is 0 Å². The molecule has 0 unspecified atom stereocenters. The molecule has 1 aromatic heterocycles. The minimum atomic E-state index is -0.732. The molecule has 2 aromatic rings. The van der Waals surface area contributed by atoms with Crippen LogP contribution in [-0.2, 0) is 4.74 Å². The van der Waals surface area contributed by atoms with Crippen LogP contribution in [0, 0.1) is 0 Å². The van der Waals surface area contributed by atoms with Crippen molar-refractivity contribution in [2.75, 3.05) is 6.61 Å². The summed E-state index contributed by atoms with van der Waals surface area (Å²) < 4.78 is 9.94. The Morgan fingerprint density at radius 1 is 1.39 bits per heavy atom. The monoisotopic (exact) mass is 286 g/mol. The highest BCUT2D eigenvalue weighted by molar-refractivity contribution is 6.38. The summed E-state index contributed by atoms with van der Waals surface area (Å²) in [6.45, 7) is 1.82. The Morgan fingerprint density at radius 2 is 2.11 bits per heavy atom. The Kier molecular flexibility index (Phi) is 3.59. The third kappa shape index (κ3) is 2.21. The summed E-state index contributed by atoms with van der Waals surface area (Å²) in [6.07, 6.45) is 1.04. The van der Waals surface area contributed by atoms with Gasteiger partial charge in [-0.3, -0.25) is 4.79 Å². The van der Waals surface area contributed by atoms with Crippen molar-refractivity contribution >= 4 is 40.1 Å². The van der Waals surface area contributed by atoms with Crippen molar-refractivity contribution in [2.24, 2.45) is 0 Å². The molecule has 0 aliphatic carbocycles. The molecule has 18 heavy (non-hydrogen) atoms. The molecule has 0 radical (unpaired) electrons. The second-order valence-corrected chi connectivity index (χ2v) is 4.31. The number of benzene rings is 1. The summed E-state index contributed by atoms with van der Waals surface area (Å²) in [5.41, 5.74) is -0.499. The van der Waals surface area contributed by atoms with Crippen LogP contribution in [0.1, 0.15) is 17.3 Å². The normalized spacial score (nSPS) is 10.6. The van der Waals surface area contributed by atoms with Gasteiger partial charge in [0.05, 0.1) is 17.0 Å². The molecule has 0 bridgehead atoms. The maximum absolute atomic E-state index is 12.1. The molecule has 0 N–H and O–H groups in total. The summed E-state index contributed by atoms with van der Waals surface area (Å²) in [5.74, 6) is -0.732. The van der Waals surface area contributed by atoms with E-state index in [0.717, 1.165) is 6.26 Å². The highest BCUT2D eigenvalue weighted by atomic mass is 35.5. The van der Waals surface area contributed by atoms with Crippen LogP contribution < -0.4 is 5.43 Å². The number of hydrogen-bond acceptors (Lipinski definition) is 4. The van der Waals surface area contributed by atoms with Crippen molar-refractivity contribution < 1.29 is 13.9 Å². The van der Waals surface area contributed by atoms with Gasteiger partial charge in [0.1, 0.15) is 11.8 Å². The largest absolute Gasteiger partial charge is 0.462 e. The Bertz CT molecular complexity index is 676. The van der Waals surface area contributed by atoms with Crippen molar-refractivity contribution in [3.8, 4) is 0 Å². The second-order valence-electron chi connectivity index (χ2n) is 3.46. The van der Waals surface area contributed by atoms with Gasteiger partial charge in [-0.15, -0.1) is 0 Å². The van der Waals surface area contributed by atoms with E-state index in [9.17, 15) is 9.59 Å². The predicted octanol–water partition coefficient (Wildman–Crippen LogP) is 3.28. The van der Waals surface area contributed by atoms with Gasteiger partial charge < -0.3 is 9.15 Å². The first kappa shape index (κ1) is 12.9. The zero-order valence-corrected chi connectivity index (χ0v) is 10.8. The highest BCUT2D eigenvalue weighted by Gasteiger charge is 2.17. The summed E-state index contributed by atoms with van der Waals surface area (Å²) >= 11 is 11.7. The lowest BCUT2D eigenvalue weighted by molar-refractivity contribution is 0.0522. The summed E-state index contributed by atoms with van der Waals surface area (Å²) in [7, 11) is 0. The molecule has 0 spiro atoms. The molecule has 4 nitrogen and oxygen atoms in total. The summed E-state index contributed by atoms with van der Waals surface area (Å²) in [6, 6.07) is 2.86. The van der Waals surface area contributed by atoms with E-state index in [1.165, 1.54) is 12.1 Å². The molecule has 0 fully saturated rings. The highest BCUT2D eigenvalue weighted by Crippen LogP contribution is 2.26. The lowest BCUT2D eigenvalue weighted by Crippen LogP contribution is -2.17. The fourth-order valence-electron chi connectivity index (χ4n) is 1.51. The van der Waals surface area contributed by atoms with Crippen LogP contribution in [0.2, 0.25) is 10.0 Å². The molecule has 0 amide bonds. The second kappa shape index (κ2) is 5.00. The van der Waals surface area contributed by atoms with E-state index in [1.807, 2.05) is 0 Å². The van der Waals surface area contributed by atoms with Crippen molar-refractivity contribution in [3.63, 3.8) is 0 Å². The van der Waals surface area contributed by atoms with Gasteiger partial charge in [0.2, 0.25) is 5.43 Å². The first-order chi connectivity index (χ1) is 8.54. The Morgan fingerprint density at radius 3 is 2.78 bits per heavy atom. The van der Waals surface area contributed by atoms with E-state index in [4.69, 9.17) is 32.4 Å². The van der Waals surface area contributed by atoms with Crippen molar-refractivity contribution in [1.29, 1.82) is 0 Å². The standard InChI is InChI=1S/C12H8Cl2O4/c1-2-17-12(16)8-5-18-11-7(10(8)15)3-6(13)4-9(11)14/h3-5H,2H2,1H3. The van der Waals surface area contributed by atoms with Crippen molar-refractivity contribution in [3.05, 3.63) is 44.2 Å². The van der Waals surface area contributed by atoms with Crippen LogP contribution in [0.25, 0.3) is 11.0 Å². The number of esters is 1. The van der Waals surface area contributed by atoms with Crippen LogP contribution >= 0.6 is 23.2 Å². The lowest BCUT2D eigenvalue weighted by Gasteiger charge is -2.03. The van der Waals surface area contributed by atoms with Crippen LogP contribution in [0.5, 0.6) is 0 Å². The maximum atomic E-state index is 12.1. The summed E-state index contributed by atoms with van der Waals surface area (Å²) in [5, 5.41) is 0.656. The van der Waals surface area contributed by atoms with Gasteiger partial charge in [-0.05, 0) is 19.1 Å². The Hall–Kier alpha value is -1.52. The van der Waals surface area contributed by atoms with Crippen LogP contribution in [-0.4, -0.2) is 12.6 Å². The minimum absolute atomic E-state index is 0.151. The minimum Gasteiger partial charge on any atom is -0.462 e. The molecular formula is C12H8Cl2O4. The molecule has 6 heteroatoms. The number of rotatable bonds is 2. The molecule has 0 saturated carbocycles. The average molecular weight is 287 g/mol. The number of carbonyl (C=O) groups excluding carboxylic acids is 1. The molecule has 0 atom stereocenters. The van der Waals surface area contributed by atoms with Gasteiger partial charge in [0.15, 0.2) is 5.58 Å². The zero-order chi connectivity index (χ0) is 13.3. The quantitative estimate of drug-likeness (QED) is 0.795. The number of fused-ring (bicyclic) bond motifs is 1. The molecule has 94 valence electrons. The molecule has 1 heterocycles. The van der Waals surface area contributed by atoms with Gasteiger partial charge in [0, 0.05) is 5.02 Å². The van der Waals surface area contributed by atoms with Gasteiger partial charge in [0.25, 0.3) is 0 Å². The number of ether oxygens (including phenoxy) is 1. The molecule has 0 aliphatic rings. The fourth-order valence-corrected chi connectivity index (χ4v) is 2.05. The number of carbonyl (C=O) groups is 1. The molecule has 0 saturated heterocycles. The number of hydrogen-bond donors (Lipinski definition) is 0. The first-order valence-electron chi connectivity index (χ1n) is 5.12. The molecular weight excluding hydrogens is 279 g/mol. The topological polar surface area (TPSA) is 56.5 Å². The molecule has 1 aromatic carbocycles. The SMILES string of the molecule is CCOC(=O)c1coc2c(Cl)cc(Cl)cc2c1=O. The smallest absolute Gasteiger partial charge is 0.345 e. The maximum Gasteiger partial charge on any atom is 0.345 e. The summed E-state index contributed by atoms with van der Waals surface area (Å²) in [4.78, 5) is 23.6. The number of halogens is 2. The van der Waals surface area contributed by atoms with E-state index in [0.29, 0.717) is 5.02 Å². The zero-order valence-electron chi connectivity index (χ0n) is 9.33. The van der Waals surface area contributed by atoms with E-state index >= 15 is 0 Å². The van der Waals surface area contributed by atoms with Gasteiger partial charge >= 0.3 is 5.97 Å². The Balaban J connectivity index is 2.71.